The van der Waals surface area contributed by atoms with E-state index in [9.17, 15) is 0 Å². The molecule has 0 aliphatic carbocycles. The lowest BCUT2D eigenvalue weighted by atomic mass is 10.0. The van der Waals surface area contributed by atoms with Gasteiger partial charge in [-0.2, -0.15) is 0 Å². The molecular weight excluding hydrogens is 528 g/mol. The molecule has 0 fully saturated rings. The Morgan fingerprint density at radius 2 is 0.977 bits per heavy atom. The molecular formula is C39H60N2O2. The van der Waals surface area contributed by atoms with Crippen LogP contribution >= 0.6 is 0 Å². The van der Waals surface area contributed by atoms with Crippen molar-refractivity contribution < 1.29 is 9.47 Å². The summed E-state index contributed by atoms with van der Waals surface area (Å²) in [7, 11) is 0. The summed E-state index contributed by atoms with van der Waals surface area (Å²) in [5, 5.41) is 0. The Morgan fingerprint density at radius 1 is 0.558 bits per heavy atom. The molecule has 3 atom stereocenters. The highest BCUT2D eigenvalue weighted by atomic mass is 16.5. The van der Waals surface area contributed by atoms with Gasteiger partial charge in [-0.3, -0.25) is 4.90 Å². The third-order valence-electron chi connectivity index (χ3n) is 8.40. The molecule has 0 radical (unpaired) electrons. The molecule has 3 aromatic carbocycles. The first-order valence-electron chi connectivity index (χ1n) is 16.5. The molecule has 0 aromatic heterocycles. The van der Waals surface area contributed by atoms with Crippen LogP contribution in [0.15, 0.2) is 91.0 Å². The first-order chi connectivity index (χ1) is 20.7. The fourth-order valence-electron chi connectivity index (χ4n) is 4.68. The van der Waals surface area contributed by atoms with Crippen molar-refractivity contribution in [2.45, 2.75) is 93.2 Å². The summed E-state index contributed by atoms with van der Waals surface area (Å²) in [5.41, 5.74) is 4.03. The van der Waals surface area contributed by atoms with Gasteiger partial charge < -0.3 is 14.4 Å². The summed E-state index contributed by atoms with van der Waals surface area (Å²) < 4.78 is 12.0. The molecule has 0 heterocycles. The molecule has 0 spiro atoms. The zero-order valence-electron chi connectivity index (χ0n) is 28.4. The number of ether oxygens (including phenoxy) is 2. The molecule has 4 nitrogen and oxygen atoms in total. The van der Waals surface area contributed by atoms with Crippen LogP contribution in [-0.4, -0.2) is 60.9 Å². The van der Waals surface area contributed by atoms with Crippen LogP contribution in [0.2, 0.25) is 0 Å². The first-order valence-corrected chi connectivity index (χ1v) is 16.5. The van der Waals surface area contributed by atoms with Crippen LogP contribution in [0.25, 0.3) is 0 Å². The minimum Gasteiger partial charge on any atom is -0.377 e. The van der Waals surface area contributed by atoms with E-state index < -0.39 is 0 Å². The van der Waals surface area contributed by atoms with Crippen molar-refractivity contribution in [3.8, 4) is 0 Å². The van der Waals surface area contributed by atoms with Crippen molar-refractivity contribution in [2.24, 2.45) is 11.8 Å². The first kappa shape index (κ1) is 36.7. The van der Waals surface area contributed by atoms with Crippen molar-refractivity contribution in [1.29, 1.82) is 0 Å². The fourth-order valence-corrected chi connectivity index (χ4v) is 4.68. The fraction of sp³-hybridized carbons (Fsp3) is 0.538. The second-order valence-corrected chi connectivity index (χ2v) is 12.3. The summed E-state index contributed by atoms with van der Waals surface area (Å²) in [5.74, 6) is 1.13. The van der Waals surface area contributed by atoms with Gasteiger partial charge in [0.25, 0.3) is 0 Å². The summed E-state index contributed by atoms with van der Waals surface area (Å²) in [4.78, 5) is 4.96. The maximum Gasteiger partial charge on any atom is 0.0629 e. The van der Waals surface area contributed by atoms with Gasteiger partial charge in [-0.05, 0) is 61.9 Å². The van der Waals surface area contributed by atoms with Crippen molar-refractivity contribution in [3.05, 3.63) is 108 Å². The van der Waals surface area contributed by atoms with Gasteiger partial charge in [0.05, 0.1) is 25.4 Å². The van der Waals surface area contributed by atoms with E-state index in [0.29, 0.717) is 24.0 Å². The summed E-state index contributed by atoms with van der Waals surface area (Å²) in [6, 6.07) is 32.6. The predicted molar refractivity (Wildman–Crippen MR) is 184 cm³/mol. The molecule has 0 aliphatic rings. The summed E-state index contributed by atoms with van der Waals surface area (Å²) in [6.07, 6.45) is 1.61. The van der Waals surface area contributed by atoms with Crippen molar-refractivity contribution >= 4 is 0 Å². The number of hydrogen-bond donors (Lipinski definition) is 0. The number of hydrogen-bond acceptors (Lipinski definition) is 4. The minimum absolute atomic E-state index is 0.249. The third kappa shape index (κ3) is 15.2. The highest BCUT2D eigenvalue weighted by Crippen LogP contribution is 2.19. The average Bonchev–Trinajstić information content (AvgIpc) is 3.02. The van der Waals surface area contributed by atoms with Crippen LogP contribution in [0.5, 0.6) is 0 Å². The molecule has 43 heavy (non-hydrogen) atoms. The molecule has 3 rings (SSSR count). The minimum atomic E-state index is 0.249. The van der Waals surface area contributed by atoms with Gasteiger partial charge in [-0.15, -0.1) is 0 Å². The van der Waals surface area contributed by atoms with Gasteiger partial charge in [0.2, 0.25) is 0 Å². The van der Waals surface area contributed by atoms with Crippen molar-refractivity contribution in [2.75, 3.05) is 32.8 Å². The van der Waals surface area contributed by atoms with Gasteiger partial charge in [-0.1, -0.05) is 133 Å². The SMILES string of the molecule is CC(C)C(C)OCC(Cc1ccccc1)N(Cc1ccccc1)Cc1ccccc1.CCN(CC)CCOC(C)C(C)C. The van der Waals surface area contributed by atoms with Gasteiger partial charge in [0.15, 0.2) is 0 Å². The number of rotatable bonds is 18. The molecule has 0 saturated carbocycles. The molecule has 3 unspecified atom stereocenters. The molecule has 0 amide bonds. The Balaban J connectivity index is 0.000000420. The smallest absolute Gasteiger partial charge is 0.0629 e. The van der Waals surface area contributed by atoms with E-state index in [2.05, 4.69) is 156 Å². The standard InChI is InChI=1S/C28H35NO.C11H25NO/c1-23(2)24(3)30-22-28(19-25-13-7-4-8-14-25)29(20-26-15-9-5-10-16-26)21-27-17-11-6-12-18-27;1-6-12(7-2)8-9-13-11(5)10(3)4/h4-18,23-24,28H,19-22H2,1-3H3;10-11H,6-9H2,1-5H3. The Morgan fingerprint density at radius 3 is 1.40 bits per heavy atom. The van der Waals surface area contributed by atoms with Crippen LogP contribution in [0.4, 0.5) is 0 Å². The van der Waals surface area contributed by atoms with Gasteiger partial charge in [0, 0.05) is 25.7 Å². The maximum atomic E-state index is 6.35. The average molecular weight is 589 g/mol. The van der Waals surface area contributed by atoms with E-state index in [4.69, 9.17) is 9.47 Å². The van der Waals surface area contributed by atoms with E-state index in [1.54, 1.807) is 0 Å². The normalized spacial score (nSPS) is 13.7. The third-order valence-corrected chi connectivity index (χ3v) is 8.40. The molecule has 0 saturated heterocycles. The van der Waals surface area contributed by atoms with E-state index in [-0.39, 0.29) is 6.10 Å². The topological polar surface area (TPSA) is 24.9 Å². The van der Waals surface area contributed by atoms with Crippen molar-refractivity contribution in [1.82, 2.24) is 9.80 Å². The molecule has 0 bridgehead atoms. The lowest BCUT2D eigenvalue weighted by Gasteiger charge is -2.33. The Labute approximate surface area is 264 Å². The monoisotopic (exact) mass is 588 g/mol. The lowest BCUT2D eigenvalue weighted by Crippen LogP contribution is -2.40. The molecule has 238 valence electrons. The predicted octanol–water partition coefficient (Wildman–Crippen LogP) is 8.75. The number of benzene rings is 3. The highest BCUT2D eigenvalue weighted by Gasteiger charge is 2.22. The zero-order valence-corrected chi connectivity index (χ0v) is 28.4. The second kappa shape index (κ2) is 21.2. The number of nitrogens with zero attached hydrogens (tertiary/aromatic N) is 2. The van der Waals surface area contributed by atoms with E-state index >= 15 is 0 Å². The highest BCUT2D eigenvalue weighted by molar-refractivity contribution is 5.19. The molecule has 0 N–H and O–H groups in total. The van der Waals surface area contributed by atoms with Crippen LogP contribution in [0.3, 0.4) is 0 Å². The summed E-state index contributed by atoms with van der Waals surface area (Å²) in [6.45, 7) is 24.3. The van der Waals surface area contributed by atoms with Crippen LogP contribution in [0, 0.1) is 11.8 Å². The Kier molecular flexibility index (Phi) is 18.1. The van der Waals surface area contributed by atoms with E-state index in [1.807, 2.05) is 0 Å². The quantitative estimate of drug-likeness (QED) is 0.148. The van der Waals surface area contributed by atoms with Crippen molar-refractivity contribution in [3.63, 3.8) is 0 Å². The van der Waals surface area contributed by atoms with Gasteiger partial charge in [-0.25, -0.2) is 0 Å². The second-order valence-electron chi connectivity index (χ2n) is 12.3. The summed E-state index contributed by atoms with van der Waals surface area (Å²) >= 11 is 0. The lowest BCUT2D eigenvalue weighted by molar-refractivity contribution is -0.00830. The van der Waals surface area contributed by atoms with Gasteiger partial charge in [0.1, 0.15) is 0 Å². The Bertz CT molecular complexity index is 1010. The van der Waals surface area contributed by atoms with E-state index in [0.717, 1.165) is 52.4 Å². The number of likely N-dealkylation sites (N-methyl/N-ethyl adjacent to an activating group) is 1. The van der Waals surface area contributed by atoms with Crippen LogP contribution < -0.4 is 0 Å². The van der Waals surface area contributed by atoms with Crippen LogP contribution in [-0.2, 0) is 29.0 Å². The maximum absolute atomic E-state index is 6.35. The Hall–Kier alpha value is -2.50. The van der Waals surface area contributed by atoms with Crippen LogP contribution in [0.1, 0.15) is 72.1 Å². The van der Waals surface area contributed by atoms with E-state index in [1.165, 1.54) is 16.7 Å². The van der Waals surface area contributed by atoms with Gasteiger partial charge >= 0.3 is 0 Å². The molecule has 0 aliphatic heterocycles. The molecule has 4 heteroatoms. The zero-order chi connectivity index (χ0) is 31.5. The molecule has 3 aromatic rings. The largest absolute Gasteiger partial charge is 0.377 e.